The Morgan fingerprint density at radius 1 is 1.33 bits per heavy atom. The van der Waals surface area contributed by atoms with Gasteiger partial charge in [-0.1, -0.05) is 13.8 Å². The predicted molar refractivity (Wildman–Crippen MR) is 81.9 cm³/mol. The minimum Gasteiger partial charge on any atom is -0.490 e. The third-order valence-corrected chi connectivity index (χ3v) is 4.06. The zero-order chi connectivity index (χ0) is 15.0. The highest BCUT2D eigenvalue weighted by Gasteiger charge is 2.29. The molecule has 2 aromatic rings. The highest BCUT2D eigenvalue weighted by Crippen LogP contribution is 2.29. The van der Waals surface area contributed by atoms with E-state index in [-0.39, 0.29) is 17.8 Å². The van der Waals surface area contributed by atoms with Crippen molar-refractivity contribution in [2.24, 2.45) is 5.92 Å². The Morgan fingerprint density at radius 3 is 2.76 bits per heavy atom. The van der Waals surface area contributed by atoms with E-state index in [9.17, 15) is 4.79 Å². The van der Waals surface area contributed by atoms with Gasteiger partial charge >= 0.3 is 0 Å². The van der Waals surface area contributed by atoms with Crippen molar-refractivity contribution in [1.29, 1.82) is 0 Å². The number of hydrogen-bond donors (Lipinski definition) is 1. The fourth-order valence-corrected chi connectivity index (χ4v) is 2.59. The van der Waals surface area contributed by atoms with Gasteiger partial charge in [-0.15, -0.1) is 0 Å². The molecule has 0 atom stereocenters. The van der Waals surface area contributed by atoms with E-state index in [0.717, 1.165) is 29.6 Å². The van der Waals surface area contributed by atoms with Crippen LogP contribution in [0.25, 0.3) is 11.0 Å². The van der Waals surface area contributed by atoms with Crippen LogP contribution >= 0.6 is 0 Å². The van der Waals surface area contributed by atoms with Crippen LogP contribution in [0.3, 0.4) is 0 Å². The van der Waals surface area contributed by atoms with E-state index < -0.39 is 0 Å². The van der Waals surface area contributed by atoms with E-state index >= 15 is 0 Å². The molecule has 0 bridgehead atoms. The fraction of sp³-hybridized carbons (Fsp3) is 0.471. The van der Waals surface area contributed by atoms with Crippen LogP contribution in [-0.4, -0.2) is 25.0 Å². The molecule has 1 N–H and O–H groups in total. The van der Waals surface area contributed by atoms with E-state index in [1.165, 1.54) is 0 Å². The Balaban J connectivity index is 1.76. The molecule has 0 radical (unpaired) electrons. The standard InChI is InChI=1S/C17H21NO3/c1-10(2)17(19)16-7-11-6-13(4-5-15(11)21-16)20-14-8-12(9-14)18-3/h4-7,10,12,14,18H,8-9H2,1-3H3/t12-,14-. The van der Waals surface area contributed by atoms with Crippen LogP contribution in [0, 0.1) is 5.92 Å². The number of Topliss-reactive ketones (excluding diaryl/α,β-unsaturated/α-hetero) is 1. The second-order valence-electron chi connectivity index (χ2n) is 6.03. The maximum absolute atomic E-state index is 12.0. The Labute approximate surface area is 124 Å². The molecule has 1 aliphatic carbocycles. The molecule has 0 unspecified atom stereocenters. The molecular formula is C17H21NO3. The van der Waals surface area contributed by atoms with Crippen LogP contribution in [-0.2, 0) is 0 Å². The number of benzene rings is 1. The van der Waals surface area contributed by atoms with Gasteiger partial charge in [-0.2, -0.15) is 0 Å². The lowest BCUT2D eigenvalue weighted by molar-refractivity contribution is 0.0886. The molecule has 4 nitrogen and oxygen atoms in total. The van der Waals surface area contributed by atoms with Gasteiger partial charge in [0.1, 0.15) is 17.4 Å². The Kier molecular flexibility index (Phi) is 3.72. The molecule has 0 aliphatic heterocycles. The van der Waals surface area contributed by atoms with Gasteiger partial charge in [-0.3, -0.25) is 4.79 Å². The minimum atomic E-state index is -0.0604. The highest BCUT2D eigenvalue weighted by molar-refractivity contribution is 5.98. The van der Waals surface area contributed by atoms with Crippen LogP contribution in [0.5, 0.6) is 5.75 Å². The quantitative estimate of drug-likeness (QED) is 0.856. The Morgan fingerprint density at radius 2 is 2.10 bits per heavy atom. The van der Waals surface area contributed by atoms with Crippen molar-refractivity contribution in [3.05, 3.63) is 30.0 Å². The lowest BCUT2D eigenvalue weighted by Gasteiger charge is -2.35. The summed E-state index contributed by atoms with van der Waals surface area (Å²) < 4.78 is 11.6. The van der Waals surface area contributed by atoms with Gasteiger partial charge < -0.3 is 14.5 Å². The predicted octanol–water partition coefficient (Wildman–Crippen LogP) is 3.40. The first kappa shape index (κ1) is 14.1. The van der Waals surface area contributed by atoms with Gasteiger partial charge in [0.15, 0.2) is 5.76 Å². The summed E-state index contributed by atoms with van der Waals surface area (Å²) in [6, 6.07) is 8.10. The number of ether oxygens (including phenoxy) is 1. The van der Waals surface area contributed by atoms with Crippen molar-refractivity contribution in [2.75, 3.05) is 7.05 Å². The summed E-state index contributed by atoms with van der Waals surface area (Å²) in [6.45, 7) is 3.75. The van der Waals surface area contributed by atoms with Crippen molar-refractivity contribution in [1.82, 2.24) is 5.32 Å². The van der Waals surface area contributed by atoms with Gasteiger partial charge in [0, 0.05) is 17.3 Å². The second kappa shape index (κ2) is 5.53. The lowest BCUT2D eigenvalue weighted by atomic mass is 9.89. The maximum Gasteiger partial charge on any atom is 0.200 e. The normalized spacial score (nSPS) is 21.5. The molecule has 21 heavy (non-hydrogen) atoms. The molecule has 1 aliphatic rings. The van der Waals surface area contributed by atoms with Crippen molar-refractivity contribution >= 4 is 16.8 Å². The van der Waals surface area contributed by atoms with Crippen LogP contribution in [0.15, 0.2) is 28.7 Å². The number of carbonyl (C=O) groups excluding carboxylic acids is 1. The zero-order valence-corrected chi connectivity index (χ0v) is 12.7. The van der Waals surface area contributed by atoms with Crippen LogP contribution < -0.4 is 10.1 Å². The Hall–Kier alpha value is -1.81. The SMILES string of the molecule is CN[C@H]1C[C@H](Oc2ccc3oc(C(=O)C(C)C)cc3c2)C1. The first-order chi connectivity index (χ1) is 10.1. The molecular weight excluding hydrogens is 266 g/mol. The van der Waals surface area contributed by atoms with Crippen molar-refractivity contribution in [3.63, 3.8) is 0 Å². The molecule has 0 amide bonds. The maximum atomic E-state index is 12.0. The molecule has 0 spiro atoms. The number of ketones is 1. The van der Waals surface area contributed by atoms with Crippen molar-refractivity contribution in [2.45, 2.75) is 38.8 Å². The highest BCUT2D eigenvalue weighted by atomic mass is 16.5. The molecule has 3 rings (SSSR count). The number of rotatable bonds is 5. The van der Waals surface area contributed by atoms with Crippen molar-refractivity contribution in [3.8, 4) is 5.75 Å². The fourth-order valence-electron chi connectivity index (χ4n) is 2.59. The molecule has 1 aromatic carbocycles. The largest absolute Gasteiger partial charge is 0.490 e. The van der Waals surface area contributed by atoms with Crippen molar-refractivity contribution < 1.29 is 13.9 Å². The van der Waals surface area contributed by atoms with Crippen LogP contribution in [0.4, 0.5) is 0 Å². The summed E-state index contributed by atoms with van der Waals surface area (Å²) in [6.07, 6.45) is 2.36. The monoisotopic (exact) mass is 287 g/mol. The molecule has 1 heterocycles. The number of carbonyl (C=O) groups is 1. The second-order valence-corrected chi connectivity index (χ2v) is 6.03. The molecule has 1 aromatic heterocycles. The minimum absolute atomic E-state index is 0.0320. The summed E-state index contributed by atoms with van der Waals surface area (Å²) in [4.78, 5) is 12.0. The lowest BCUT2D eigenvalue weighted by Crippen LogP contribution is -2.45. The topological polar surface area (TPSA) is 51.5 Å². The summed E-state index contributed by atoms with van der Waals surface area (Å²) in [5.74, 6) is 1.24. The third kappa shape index (κ3) is 2.81. The number of furan rings is 1. The van der Waals surface area contributed by atoms with E-state index in [4.69, 9.17) is 9.15 Å². The van der Waals surface area contributed by atoms with E-state index in [0.29, 0.717) is 11.8 Å². The molecule has 1 saturated carbocycles. The third-order valence-electron chi connectivity index (χ3n) is 4.06. The zero-order valence-electron chi connectivity index (χ0n) is 12.7. The number of hydrogen-bond acceptors (Lipinski definition) is 4. The average Bonchev–Trinajstić information content (AvgIpc) is 2.84. The Bertz CT molecular complexity index is 653. The average molecular weight is 287 g/mol. The van der Waals surface area contributed by atoms with Gasteiger partial charge in [0.2, 0.25) is 5.78 Å². The number of nitrogens with one attached hydrogen (secondary N) is 1. The van der Waals surface area contributed by atoms with E-state index in [1.807, 2.05) is 45.2 Å². The first-order valence-electron chi connectivity index (χ1n) is 7.48. The summed E-state index contributed by atoms with van der Waals surface area (Å²) in [5, 5.41) is 4.16. The van der Waals surface area contributed by atoms with Crippen LogP contribution in [0.2, 0.25) is 0 Å². The van der Waals surface area contributed by atoms with E-state index in [2.05, 4.69) is 5.32 Å². The van der Waals surface area contributed by atoms with E-state index in [1.54, 1.807) is 0 Å². The first-order valence-corrected chi connectivity index (χ1v) is 7.48. The summed E-state index contributed by atoms with van der Waals surface area (Å²) in [5.41, 5.74) is 0.730. The molecule has 1 fully saturated rings. The summed E-state index contributed by atoms with van der Waals surface area (Å²) >= 11 is 0. The molecule has 4 heteroatoms. The number of fused-ring (bicyclic) bond motifs is 1. The van der Waals surface area contributed by atoms with Crippen LogP contribution in [0.1, 0.15) is 37.2 Å². The van der Waals surface area contributed by atoms with Gasteiger partial charge in [-0.05, 0) is 44.2 Å². The van der Waals surface area contributed by atoms with Gasteiger partial charge in [0.25, 0.3) is 0 Å². The summed E-state index contributed by atoms with van der Waals surface area (Å²) in [7, 11) is 1.98. The molecule has 112 valence electrons. The smallest absolute Gasteiger partial charge is 0.200 e. The van der Waals surface area contributed by atoms with Gasteiger partial charge in [-0.25, -0.2) is 0 Å². The van der Waals surface area contributed by atoms with Gasteiger partial charge in [0.05, 0.1) is 0 Å². The molecule has 0 saturated heterocycles.